The molecule has 1 N–H and O–H groups in total. The Labute approximate surface area is 148 Å². The summed E-state index contributed by atoms with van der Waals surface area (Å²) < 4.78 is 0. The molecule has 6 heteroatoms. The molecule has 1 aliphatic rings. The molecule has 1 fully saturated rings. The van der Waals surface area contributed by atoms with Crippen molar-refractivity contribution in [3.63, 3.8) is 0 Å². The zero-order valence-electron chi connectivity index (χ0n) is 14.7. The van der Waals surface area contributed by atoms with Crippen molar-refractivity contribution in [3.05, 3.63) is 24.3 Å². The number of anilines is 1. The Bertz CT molecular complexity index is 571. The summed E-state index contributed by atoms with van der Waals surface area (Å²) in [6.45, 7) is 4.39. The third-order valence-electron chi connectivity index (χ3n) is 4.34. The molecule has 24 heavy (non-hydrogen) atoms. The topological polar surface area (TPSA) is 52.7 Å². The molecule has 132 valence electrons. The molecule has 1 heterocycles. The Hall–Kier alpha value is -1.53. The SMILES string of the molecule is CSc1ccccc1NC(=O)CN(C)CC(=O)N1CCC(C)CC1. The minimum absolute atomic E-state index is 0.0981. The molecule has 0 radical (unpaired) electrons. The van der Waals surface area contributed by atoms with Crippen molar-refractivity contribution >= 4 is 29.3 Å². The van der Waals surface area contributed by atoms with Crippen LogP contribution in [0.2, 0.25) is 0 Å². The van der Waals surface area contributed by atoms with E-state index in [-0.39, 0.29) is 24.9 Å². The number of piperidine rings is 1. The van der Waals surface area contributed by atoms with E-state index in [2.05, 4.69) is 12.2 Å². The van der Waals surface area contributed by atoms with E-state index in [1.807, 2.05) is 42.5 Å². The summed E-state index contributed by atoms with van der Waals surface area (Å²) in [7, 11) is 1.81. The van der Waals surface area contributed by atoms with Crippen LogP contribution < -0.4 is 5.32 Å². The molecule has 0 unspecified atom stereocenters. The van der Waals surface area contributed by atoms with Gasteiger partial charge in [-0.1, -0.05) is 19.1 Å². The Morgan fingerprint density at radius 3 is 2.58 bits per heavy atom. The summed E-state index contributed by atoms with van der Waals surface area (Å²) in [6, 6.07) is 7.72. The average Bonchev–Trinajstić information content (AvgIpc) is 2.55. The molecule has 0 atom stereocenters. The number of nitrogens with zero attached hydrogens (tertiary/aromatic N) is 2. The van der Waals surface area contributed by atoms with Crippen LogP contribution in [-0.2, 0) is 9.59 Å². The normalized spacial score (nSPS) is 15.6. The first-order chi connectivity index (χ1) is 11.5. The predicted molar refractivity (Wildman–Crippen MR) is 99.3 cm³/mol. The minimum Gasteiger partial charge on any atom is -0.342 e. The van der Waals surface area contributed by atoms with Crippen molar-refractivity contribution in [2.45, 2.75) is 24.7 Å². The molecule has 0 aromatic heterocycles. The van der Waals surface area contributed by atoms with Gasteiger partial charge < -0.3 is 10.2 Å². The van der Waals surface area contributed by atoms with Crippen molar-refractivity contribution in [1.82, 2.24) is 9.80 Å². The number of rotatable bonds is 6. The van der Waals surface area contributed by atoms with Gasteiger partial charge in [0.2, 0.25) is 11.8 Å². The number of para-hydroxylation sites is 1. The highest BCUT2D eigenvalue weighted by atomic mass is 32.2. The molecular weight excluding hydrogens is 322 g/mol. The standard InChI is InChI=1S/C18H27N3O2S/c1-14-8-10-21(11-9-14)18(23)13-20(2)12-17(22)19-15-6-4-5-7-16(15)24-3/h4-7,14H,8-13H2,1-3H3,(H,19,22). The molecule has 0 aliphatic carbocycles. The number of likely N-dealkylation sites (tertiary alicyclic amines) is 1. The van der Waals surface area contributed by atoms with E-state index in [0.717, 1.165) is 36.5 Å². The van der Waals surface area contributed by atoms with Gasteiger partial charge in [0.25, 0.3) is 0 Å². The van der Waals surface area contributed by atoms with Gasteiger partial charge in [-0.15, -0.1) is 11.8 Å². The van der Waals surface area contributed by atoms with Gasteiger partial charge in [0.1, 0.15) is 0 Å². The van der Waals surface area contributed by atoms with Crippen LogP contribution in [0.4, 0.5) is 5.69 Å². The number of likely N-dealkylation sites (N-methyl/N-ethyl adjacent to an activating group) is 1. The largest absolute Gasteiger partial charge is 0.342 e. The van der Waals surface area contributed by atoms with E-state index in [4.69, 9.17) is 0 Å². The Morgan fingerprint density at radius 2 is 1.92 bits per heavy atom. The Kier molecular flexibility index (Phi) is 7.12. The highest BCUT2D eigenvalue weighted by Gasteiger charge is 2.21. The molecule has 1 aromatic carbocycles. The van der Waals surface area contributed by atoms with Gasteiger partial charge in [-0.2, -0.15) is 0 Å². The second kappa shape index (κ2) is 9.08. The van der Waals surface area contributed by atoms with E-state index in [1.54, 1.807) is 16.7 Å². The van der Waals surface area contributed by atoms with Gasteiger partial charge in [-0.05, 0) is 44.2 Å². The lowest BCUT2D eigenvalue weighted by Crippen LogP contribution is -2.44. The number of hydrogen-bond acceptors (Lipinski definition) is 4. The third-order valence-corrected chi connectivity index (χ3v) is 5.13. The molecular formula is C18H27N3O2S. The number of nitrogens with one attached hydrogen (secondary N) is 1. The Morgan fingerprint density at radius 1 is 1.25 bits per heavy atom. The highest BCUT2D eigenvalue weighted by Crippen LogP contribution is 2.24. The lowest BCUT2D eigenvalue weighted by atomic mass is 9.99. The lowest BCUT2D eigenvalue weighted by Gasteiger charge is -2.31. The third kappa shape index (κ3) is 5.53. The fourth-order valence-corrected chi connectivity index (χ4v) is 3.38. The summed E-state index contributed by atoms with van der Waals surface area (Å²) in [4.78, 5) is 29.2. The van der Waals surface area contributed by atoms with Crippen LogP contribution in [0, 0.1) is 5.92 Å². The molecule has 0 saturated carbocycles. The van der Waals surface area contributed by atoms with Crippen LogP contribution in [0.15, 0.2) is 29.2 Å². The van der Waals surface area contributed by atoms with Gasteiger partial charge in [-0.3, -0.25) is 14.5 Å². The monoisotopic (exact) mass is 349 g/mol. The number of benzene rings is 1. The van der Waals surface area contributed by atoms with Crippen LogP contribution in [0.1, 0.15) is 19.8 Å². The van der Waals surface area contributed by atoms with E-state index >= 15 is 0 Å². The molecule has 1 saturated heterocycles. The summed E-state index contributed by atoms with van der Waals surface area (Å²) in [5, 5.41) is 2.92. The van der Waals surface area contributed by atoms with Crippen LogP contribution in [0.3, 0.4) is 0 Å². The van der Waals surface area contributed by atoms with Gasteiger partial charge in [0, 0.05) is 18.0 Å². The van der Waals surface area contributed by atoms with Crippen LogP contribution in [0.5, 0.6) is 0 Å². The molecule has 5 nitrogen and oxygen atoms in total. The first kappa shape index (κ1) is 18.8. The van der Waals surface area contributed by atoms with E-state index in [1.165, 1.54) is 0 Å². The highest BCUT2D eigenvalue weighted by molar-refractivity contribution is 7.98. The second-order valence-corrected chi connectivity index (χ2v) is 7.33. The predicted octanol–water partition coefficient (Wildman–Crippen LogP) is 2.54. The quantitative estimate of drug-likeness (QED) is 0.802. The van der Waals surface area contributed by atoms with Crippen molar-refractivity contribution in [3.8, 4) is 0 Å². The molecule has 2 rings (SSSR count). The molecule has 2 amide bonds. The number of carbonyl (C=O) groups is 2. The maximum atomic E-state index is 12.3. The van der Waals surface area contributed by atoms with Crippen molar-refractivity contribution in [2.75, 3.05) is 44.8 Å². The van der Waals surface area contributed by atoms with Gasteiger partial charge >= 0.3 is 0 Å². The van der Waals surface area contributed by atoms with E-state index < -0.39 is 0 Å². The second-order valence-electron chi connectivity index (χ2n) is 6.48. The van der Waals surface area contributed by atoms with Gasteiger partial charge in [0.15, 0.2) is 0 Å². The lowest BCUT2D eigenvalue weighted by molar-refractivity contribution is -0.133. The molecule has 1 aliphatic heterocycles. The average molecular weight is 350 g/mol. The van der Waals surface area contributed by atoms with Crippen LogP contribution >= 0.6 is 11.8 Å². The molecule has 0 bridgehead atoms. The first-order valence-corrected chi connectivity index (χ1v) is 9.61. The summed E-state index contributed by atoms with van der Waals surface area (Å²) in [5.74, 6) is 0.717. The molecule has 1 aromatic rings. The maximum Gasteiger partial charge on any atom is 0.238 e. The van der Waals surface area contributed by atoms with Crippen molar-refractivity contribution < 1.29 is 9.59 Å². The maximum absolute atomic E-state index is 12.3. The Balaban J connectivity index is 1.80. The molecule has 0 spiro atoms. The number of hydrogen-bond donors (Lipinski definition) is 1. The van der Waals surface area contributed by atoms with Gasteiger partial charge in [0.05, 0.1) is 18.8 Å². The van der Waals surface area contributed by atoms with Crippen LogP contribution in [-0.4, -0.2) is 61.1 Å². The fraction of sp³-hybridized carbons (Fsp3) is 0.556. The zero-order valence-corrected chi connectivity index (χ0v) is 15.6. The van der Waals surface area contributed by atoms with Crippen LogP contribution in [0.25, 0.3) is 0 Å². The number of carbonyl (C=O) groups excluding carboxylic acids is 2. The van der Waals surface area contributed by atoms with E-state index in [9.17, 15) is 9.59 Å². The first-order valence-electron chi connectivity index (χ1n) is 8.38. The van der Waals surface area contributed by atoms with Crippen molar-refractivity contribution in [2.24, 2.45) is 5.92 Å². The summed E-state index contributed by atoms with van der Waals surface area (Å²) in [5.41, 5.74) is 0.819. The smallest absolute Gasteiger partial charge is 0.238 e. The van der Waals surface area contributed by atoms with Gasteiger partial charge in [-0.25, -0.2) is 0 Å². The van der Waals surface area contributed by atoms with E-state index in [0.29, 0.717) is 5.92 Å². The summed E-state index contributed by atoms with van der Waals surface area (Å²) in [6.07, 6.45) is 4.12. The number of thioether (sulfide) groups is 1. The zero-order chi connectivity index (χ0) is 17.5. The van der Waals surface area contributed by atoms with Crippen molar-refractivity contribution in [1.29, 1.82) is 0 Å². The fourth-order valence-electron chi connectivity index (χ4n) is 2.83. The minimum atomic E-state index is -0.0981. The summed E-state index contributed by atoms with van der Waals surface area (Å²) >= 11 is 1.60. The number of amides is 2.